The summed E-state index contributed by atoms with van der Waals surface area (Å²) in [5.41, 5.74) is 0. The second-order valence-corrected chi connectivity index (χ2v) is 7.35. The molecule has 23 heavy (non-hydrogen) atoms. The first-order valence-corrected chi connectivity index (χ1v) is 9.88. The maximum absolute atomic E-state index is 11.3. The summed E-state index contributed by atoms with van der Waals surface area (Å²) in [6.07, 6.45) is 16.9. The van der Waals surface area contributed by atoms with Crippen LogP contribution in [0, 0.1) is 11.8 Å². The standard InChI is InChI=1S/C20H36O3/c1-3-4-5-7-10-13-17(2)14-11-8-6-9-12-15-18-16-19(21)23-20(18)22/h17-18H,3-16H2,1-2H3. The lowest BCUT2D eigenvalue weighted by Crippen LogP contribution is -2.07. The normalized spacial score (nSPS) is 19.1. The fraction of sp³-hybridized carbons (Fsp3) is 0.900. The number of ether oxygens (including phenoxy) is 1. The van der Waals surface area contributed by atoms with Gasteiger partial charge in [0.15, 0.2) is 0 Å². The van der Waals surface area contributed by atoms with Gasteiger partial charge in [0.05, 0.1) is 12.3 Å². The molecule has 0 aromatic carbocycles. The van der Waals surface area contributed by atoms with Crippen molar-refractivity contribution in [3.63, 3.8) is 0 Å². The highest BCUT2D eigenvalue weighted by molar-refractivity contribution is 5.94. The third kappa shape index (κ3) is 9.78. The molecule has 0 aliphatic carbocycles. The highest BCUT2D eigenvalue weighted by atomic mass is 16.6. The first kappa shape index (κ1) is 20.2. The molecule has 1 saturated heterocycles. The van der Waals surface area contributed by atoms with Gasteiger partial charge in [-0.05, 0) is 12.3 Å². The summed E-state index contributed by atoms with van der Waals surface area (Å²) in [5, 5.41) is 0. The molecule has 1 heterocycles. The van der Waals surface area contributed by atoms with Crippen LogP contribution >= 0.6 is 0 Å². The number of esters is 2. The van der Waals surface area contributed by atoms with Crippen LogP contribution in [0.3, 0.4) is 0 Å². The zero-order chi connectivity index (χ0) is 16.9. The van der Waals surface area contributed by atoms with Gasteiger partial charge < -0.3 is 4.74 Å². The first-order valence-electron chi connectivity index (χ1n) is 9.88. The first-order chi connectivity index (χ1) is 11.1. The molecule has 0 radical (unpaired) electrons. The van der Waals surface area contributed by atoms with E-state index < -0.39 is 0 Å². The minimum absolute atomic E-state index is 0.157. The molecular formula is C20H36O3. The summed E-state index contributed by atoms with van der Waals surface area (Å²) < 4.78 is 4.57. The van der Waals surface area contributed by atoms with Crippen LogP contribution < -0.4 is 0 Å². The lowest BCUT2D eigenvalue weighted by Gasteiger charge is -2.11. The van der Waals surface area contributed by atoms with Crippen molar-refractivity contribution in [3.8, 4) is 0 Å². The zero-order valence-corrected chi connectivity index (χ0v) is 15.3. The number of hydrogen-bond acceptors (Lipinski definition) is 3. The Morgan fingerprint density at radius 1 is 0.913 bits per heavy atom. The molecule has 0 amide bonds. The van der Waals surface area contributed by atoms with Gasteiger partial charge in [0.1, 0.15) is 0 Å². The molecule has 3 heteroatoms. The third-order valence-electron chi connectivity index (χ3n) is 5.01. The van der Waals surface area contributed by atoms with Crippen molar-refractivity contribution >= 4 is 11.9 Å². The second kappa shape index (κ2) is 12.5. The molecule has 1 rings (SSSR count). The van der Waals surface area contributed by atoms with Crippen LogP contribution in [0.4, 0.5) is 0 Å². The van der Waals surface area contributed by atoms with Gasteiger partial charge in [0, 0.05) is 0 Å². The summed E-state index contributed by atoms with van der Waals surface area (Å²) in [6.45, 7) is 4.66. The Morgan fingerprint density at radius 3 is 2.04 bits per heavy atom. The number of carbonyl (C=O) groups is 2. The van der Waals surface area contributed by atoms with Crippen LogP contribution in [-0.4, -0.2) is 11.9 Å². The van der Waals surface area contributed by atoms with Crippen molar-refractivity contribution in [1.29, 1.82) is 0 Å². The Kier molecular flexibility index (Phi) is 11.0. The van der Waals surface area contributed by atoms with Crippen LogP contribution in [0.25, 0.3) is 0 Å². The highest BCUT2D eigenvalue weighted by Gasteiger charge is 2.32. The molecule has 0 spiro atoms. The average molecular weight is 325 g/mol. The Morgan fingerprint density at radius 2 is 1.48 bits per heavy atom. The van der Waals surface area contributed by atoms with Crippen molar-refractivity contribution in [1.82, 2.24) is 0 Å². The Hall–Kier alpha value is -0.860. The van der Waals surface area contributed by atoms with E-state index in [2.05, 4.69) is 18.6 Å². The largest absolute Gasteiger partial charge is 0.393 e. The molecule has 1 aliphatic heterocycles. The molecule has 2 unspecified atom stereocenters. The molecule has 0 bridgehead atoms. The van der Waals surface area contributed by atoms with Crippen LogP contribution in [0.5, 0.6) is 0 Å². The number of unbranched alkanes of at least 4 members (excludes halogenated alkanes) is 8. The molecule has 134 valence electrons. The van der Waals surface area contributed by atoms with E-state index in [1.165, 1.54) is 70.6 Å². The monoisotopic (exact) mass is 324 g/mol. The summed E-state index contributed by atoms with van der Waals surface area (Å²) in [6, 6.07) is 0. The van der Waals surface area contributed by atoms with E-state index in [0.29, 0.717) is 6.42 Å². The molecular weight excluding hydrogens is 288 g/mol. The molecule has 1 fully saturated rings. The van der Waals surface area contributed by atoms with E-state index in [1.807, 2.05) is 0 Å². The lowest BCUT2D eigenvalue weighted by atomic mass is 9.95. The van der Waals surface area contributed by atoms with Gasteiger partial charge in [-0.2, -0.15) is 0 Å². The average Bonchev–Trinajstić information content (AvgIpc) is 2.84. The highest BCUT2D eigenvalue weighted by Crippen LogP contribution is 2.23. The second-order valence-electron chi connectivity index (χ2n) is 7.35. The molecule has 0 aromatic rings. The Balaban J connectivity index is 1.85. The molecule has 1 aliphatic rings. The molecule has 3 nitrogen and oxygen atoms in total. The predicted molar refractivity (Wildman–Crippen MR) is 94.1 cm³/mol. The van der Waals surface area contributed by atoms with Gasteiger partial charge in [-0.1, -0.05) is 90.9 Å². The van der Waals surface area contributed by atoms with E-state index >= 15 is 0 Å². The van der Waals surface area contributed by atoms with E-state index in [9.17, 15) is 9.59 Å². The zero-order valence-electron chi connectivity index (χ0n) is 15.3. The van der Waals surface area contributed by atoms with Crippen LogP contribution in [0.15, 0.2) is 0 Å². The van der Waals surface area contributed by atoms with Crippen LogP contribution in [0.1, 0.15) is 104 Å². The number of cyclic esters (lactones) is 2. The van der Waals surface area contributed by atoms with Crippen molar-refractivity contribution in [2.45, 2.75) is 104 Å². The lowest BCUT2D eigenvalue weighted by molar-refractivity contribution is -0.153. The minimum atomic E-state index is -0.344. The molecule has 0 saturated carbocycles. The van der Waals surface area contributed by atoms with Gasteiger partial charge in [0.25, 0.3) is 0 Å². The van der Waals surface area contributed by atoms with E-state index in [1.54, 1.807) is 0 Å². The number of rotatable bonds is 14. The molecule has 0 aromatic heterocycles. The fourth-order valence-corrected chi connectivity index (χ4v) is 3.40. The van der Waals surface area contributed by atoms with Crippen molar-refractivity contribution in [3.05, 3.63) is 0 Å². The van der Waals surface area contributed by atoms with Crippen molar-refractivity contribution in [2.24, 2.45) is 11.8 Å². The maximum atomic E-state index is 11.3. The third-order valence-corrected chi connectivity index (χ3v) is 5.01. The topological polar surface area (TPSA) is 43.4 Å². The smallest absolute Gasteiger partial charge is 0.317 e. The van der Waals surface area contributed by atoms with Crippen LogP contribution in [0.2, 0.25) is 0 Å². The van der Waals surface area contributed by atoms with Gasteiger partial charge in [-0.15, -0.1) is 0 Å². The summed E-state index contributed by atoms with van der Waals surface area (Å²) >= 11 is 0. The SMILES string of the molecule is CCCCCCCC(C)CCCCCCCC1CC(=O)OC1=O. The minimum Gasteiger partial charge on any atom is -0.393 e. The van der Waals surface area contributed by atoms with E-state index in [4.69, 9.17) is 0 Å². The molecule has 0 N–H and O–H groups in total. The Bertz CT molecular complexity index is 338. The number of carbonyl (C=O) groups excluding carboxylic acids is 2. The van der Waals surface area contributed by atoms with Gasteiger partial charge in [-0.25, -0.2) is 0 Å². The number of hydrogen-bond donors (Lipinski definition) is 0. The predicted octanol–water partition coefficient (Wildman–Crippen LogP) is 5.80. The molecule has 2 atom stereocenters. The quantitative estimate of drug-likeness (QED) is 0.230. The summed E-state index contributed by atoms with van der Waals surface area (Å²) in [4.78, 5) is 22.3. The van der Waals surface area contributed by atoms with Gasteiger partial charge in [0.2, 0.25) is 0 Å². The van der Waals surface area contributed by atoms with Gasteiger partial charge in [-0.3, -0.25) is 9.59 Å². The maximum Gasteiger partial charge on any atom is 0.317 e. The summed E-state index contributed by atoms with van der Waals surface area (Å²) in [7, 11) is 0. The van der Waals surface area contributed by atoms with Gasteiger partial charge >= 0.3 is 11.9 Å². The Labute approximate surface area is 142 Å². The van der Waals surface area contributed by atoms with Crippen molar-refractivity contribution < 1.29 is 14.3 Å². The van der Waals surface area contributed by atoms with Crippen LogP contribution in [-0.2, 0) is 14.3 Å². The van der Waals surface area contributed by atoms with Crippen molar-refractivity contribution in [2.75, 3.05) is 0 Å². The fourth-order valence-electron chi connectivity index (χ4n) is 3.40. The van der Waals surface area contributed by atoms with E-state index in [0.717, 1.165) is 18.8 Å². The summed E-state index contributed by atoms with van der Waals surface area (Å²) in [5.74, 6) is 0.0672. The van der Waals surface area contributed by atoms with E-state index in [-0.39, 0.29) is 17.9 Å².